The number of hydrogen-bond acceptors (Lipinski definition) is 5. The van der Waals surface area contributed by atoms with Gasteiger partial charge in [0.2, 0.25) is 11.8 Å². The molecular formula is C27H31N3O2S2. The summed E-state index contributed by atoms with van der Waals surface area (Å²) in [7, 11) is 0. The lowest BCUT2D eigenvalue weighted by Gasteiger charge is -2.20. The second-order valence-electron chi connectivity index (χ2n) is 8.89. The number of aryl methyl sites for hydroxylation is 2. The fraction of sp³-hybridized carbons (Fsp3) is 0.370. The lowest BCUT2D eigenvalue weighted by atomic mass is 9.88. The Morgan fingerprint density at radius 1 is 0.971 bits per heavy atom. The van der Waals surface area contributed by atoms with E-state index >= 15 is 0 Å². The Morgan fingerprint density at radius 2 is 1.65 bits per heavy atom. The average molecular weight is 494 g/mol. The molecule has 0 saturated heterocycles. The zero-order valence-electron chi connectivity index (χ0n) is 19.9. The van der Waals surface area contributed by atoms with Crippen LogP contribution in [-0.4, -0.2) is 22.0 Å². The number of carbonyl (C=O) groups excluding carboxylic acids is 2. The minimum Gasteiger partial charge on any atom is -0.326 e. The number of nitrogens with one attached hydrogen (secondary N) is 2. The molecule has 0 radical (unpaired) electrons. The number of nitrogens with zero attached hydrogens (tertiary/aromatic N) is 1. The van der Waals surface area contributed by atoms with Crippen molar-refractivity contribution in [2.24, 2.45) is 5.92 Å². The van der Waals surface area contributed by atoms with Gasteiger partial charge in [0.15, 0.2) is 5.13 Å². The Hall–Kier alpha value is -2.64. The Kier molecular flexibility index (Phi) is 8.06. The summed E-state index contributed by atoms with van der Waals surface area (Å²) in [5.74, 6) is 0.174. The van der Waals surface area contributed by atoms with Gasteiger partial charge in [0, 0.05) is 26.9 Å². The van der Waals surface area contributed by atoms with Crippen molar-refractivity contribution in [3.63, 3.8) is 0 Å². The monoisotopic (exact) mass is 493 g/mol. The molecule has 0 aliphatic heterocycles. The molecule has 0 bridgehead atoms. The molecule has 2 N–H and O–H groups in total. The van der Waals surface area contributed by atoms with Gasteiger partial charge in [-0.05, 0) is 57.9 Å². The summed E-state index contributed by atoms with van der Waals surface area (Å²) in [5, 5.41) is 6.34. The van der Waals surface area contributed by atoms with Crippen LogP contribution in [0.25, 0.3) is 11.3 Å². The van der Waals surface area contributed by atoms with Crippen LogP contribution >= 0.6 is 23.1 Å². The van der Waals surface area contributed by atoms with Gasteiger partial charge in [0.05, 0.1) is 10.9 Å². The Bertz CT molecular complexity index is 1130. The molecule has 178 valence electrons. The highest BCUT2D eigenvalue weighted by Crippen LogP contribution is 2.32. The van der Waals surface area contributed by atoms with E-state index < -0.39 is 0 Å². The van der Waals surface area contributed by atoms with Crippen LogP contribution in [0.4, 0.5) is 10.8 Å². The number of thioether (sulfide) groups is 1. The van der Waals surface area contributed by atoms with Crippen LogP contribution in [0.3, 0.4) is 0 Å². The molecule has 34 heavy (non-hydrogen) atoms. The molecule has 1 unspecified atom stereocenters. The summed E-state index contributed by atoms with van der Waals surface area (Å²) in [6, 6.07) is 16.0. The molecule has 1 aliphatic carbocycles. The molecule has 5 nitrogen and oxygen atoms in total. The van der Waals surface area contributed by atoms with Gasteiger partial charge >= 0.3 is 0 Å². The van der Waals surface area contributed by atoms with Crippen molar-refractivity contribution in [1.82, 2.24) is 4.98 Å². The third-order valence-electron chi connectivity index (χ3n) is 6.13. The van der Waals surface area contributed by atoms with E-state index in [0.717, 1.165) is 52.4 Å². The summed E-state index contributed by atoms with van der Waals surface area (Å²) in [6.07, 6.45) is 5.48. The number of thiazole rings is 1. The summed E-state index contributed by atoms with van der Waals surface area (Å²) in [5.41, 5.74) is 3.97. The van der Waals surface area contributed by atoms with Crippen LogP contribution in [0.15, 0.2) is 53.4 Å². The maximum Gasteiger partial charge on any atom is 0.239 e. The van der Waals surface area contributed by atoms with Crippen molar-refractivity contribution in [2.75, 3.05) is 10.6 Å². The van der Waals surface area contributed by atoms with Crippen LogP contribution in [0.5, 0.6) is 0 Å². The number of anilines is 2. The third kappa shape index (κ3) is 6.27. The fourth-order valence-corrected chi connectivity index (χ4v) is 5.83. The predicted octanol–water partition coefficient (Wildman–Crippen LogP) is 7.07. The lowest BCUT2D eigenvalue weighted by Crippen LogP contribution is -2.24. The van der Waals surface area contributed by atoms with Gasteiger partial charge in [0.1, 0.15) is 0 Å². The van der Waals surface area contributed by atoms with Crippen LogP contribution in [0, 0.1) is 19.8 Å². The minimum absolute atomic E-state index is 0.0797. The Balaban J connectivity index is 1.31. The molecule has 1 saturated carbocycles. The van der Waals surface area contributed by atoms with E-state index in [-0.39, 0.29) is 23.0 Å². The van der Waals surface area contributed by atoms with Crippen molar-refractivity contribution < 1.29 is 9.59 Å². The maximum atomic E-state index is 12.8. The van der Waals surface area contributed by atoms with Crippen LogP contribution < -0.4 is 10.6 Å². The van der Waals surface area contributed by atoms with Crippen molar-refractivity contribution in [1.29, 1.82) is 0 Å². The molecule has 7 heteroatoms. The van der Waals surface area contributed by atoms with Gasteiger partial charge in [0.25, 0.3) is 0 Å². The number of rotatable bonds is 7. The van der Waals surface area contributed by atoms with E-state index in [1.54, 1.807) is 0 Å². The van der Waals surface area contributed by atoms with E-state index in [2.05, 4.69) is 46.8 Å². The van der Waals surface area contributed by atoms with Crippen molar-refractivity contribution >= 4 is 45.7 Å². The topological polar surface area (TPSA) is 71.1 Å². The Morgan fingerprint density at radius 3 is 2.32 bits per heavy atom. The summed E-state index contributed by atoms with van der Waals surface area (Å²) >= 11 is 2.98. The summed E-state index contributed by atoms with van der Waals surface area (Å²) < 4.78 is 0. The standard InChI is InChI=1S/C27H31N3O2S2/c1-17-9-11-20(12-10-17)24-18(2)34-27(29-24)30-25(31)19(3)33-23-15-13-22(14-16-23)28-26(32)21-7-5-4-6-8-21/h9-16,19,21H,4-8H2,1-3H3,(H,28,32)(H,29,30,31). The molecule has 2 aromatic carbocycles. The molecular weight excluding hydrogens is 462 g/mol. The zero-order chi connectivity index (χ0) is 24.1. The van der Waals surface area contributed by atoms with E-state index in [1.807, 2.05) is 38.1 Å². The maximum absolute atomic E-state index is 12.8. The van der Waals surface area contributed by atoms with E-state index in [1.165, 1.54) is 35.1 Å². The second kappa shape index (κ2) is 11.2. The molecule has 2 amide bonds. The largest absolute Gasteiger partial charge is 0.326 e. The number of aromatic nitrogens is 1. The highest BCUT2D eigenvalue weighted by atomic mass is 32.2. The summed E-state index contributed by atoms with van der Waals surface area (Å²) in [4.78, 5) is 31.9. The quantitative estimate of drug-likeness (QED) is 0.346. The van der Waals surface area contributed by atoms with E-state index in [9.17, 15) is 9.59 Å². The molecule has 1 aromatic heterocycles. The number of amides is 2. The first kappa shape index (κ1) is 24.5. The van der Waals surface area contributed by atoms with E-state index in [0.29, 0.717) is 5.13 Å². The van der Waals surface area contributed by atoms with Gasteiger partial charge in [-0.15, -0.1) is 23.1 Å². The molecule has 1 aliphatic rings. The highest BCUT2D eigenvalue weighted by molar-refractivity contribution is 8.00. The van der Waals surface area contributed by atoms with Gasteiger partial charge in [-0.3, -0.25) is 9.59 Å². The first-order valence-electron chi connectivity index (χ1n) is 11.8. The van der Waals surface area contributed by atoms with Crippen LogP contribution in [0.1, 0.15) is 49.5 Å². The molecule has 3 aromatic rings. The van der Waals surface area contributed by atoms with Crippen molar-refractivity contribution in [2.45, 2.75) is 63.0 Å². The number of benzene rings is 2. The van der Waals surface area contributed by atoms with Gasteiger partial charge in [-0.1, -0.05) is 49.1 Å². The molecule has 1 fully saturated rings. The van der Waals surface area contributed by atoms with Gasteiger partial charge in [-0.2, -0.15) is 0 Å². The van der Waals surface area contributed by atoms with Gasteiger partial charge < -0.3 is 10.6 Å². The zero-order valence-corrected chi connectivity index (χ0v) is 21.5. The van der Waals surface area contributed by atoms with Crippen molar-refractivity contribution in [3.05, 3.63) is 59.0 Å². The Labute approximate surface area is 209 Å². The SMILES string of the molecule is Cc1ccc(-c2nc(NC(=O)C(C)Sc3ccc(NC(=O)C4CCCCC4)cc3)sc2C)cc1. The first-order valence-corrected chi connectivity index (χ1v) is 13.5. The predicted molar refractivity (Wildman–Crippen MR) is 143 cm³/mol. The molecule has 1 atom stereocenters. The third-order valence-corrected chi connectivity index (χ3v) is 8.13. The normalized spacial score (nSPS) is 15.0. The second-order valence-corrected chi connectivity index (χ2v) is 11.5. The van der Waals surface area contributed by atoms with Gasteiger partial charge in [-0.25, -0.2) is 4.98 Å². The smallest absolute Gasteiger partial charge is 0.239 e. The highest BCUT2D eigenvalue weighted by Gasteiger charge is 2.21. The number of hydrogen-bond donors (Lipinski definition) is 2. The lowest BCUT2D eigenvalue weighted by molar-refractivity contribution is -0.120. The minimum atomic E-state index is -0.283. The first-order chi connectivity index (χ1) is 16.4. The fourth-order valence-electron chi connectivity index (χ4n) is 4.12. The average Bonchev–Trinajstić information content (AvgIpc) is 3.21. The van der Waals surface area contributed by atoms with Crippen LogP contribution in [0.2, 0.25) is 0 Å². The summed E-state index contributed by atoms with van der Waals surface area (Å²) in [6.45, 7) is 5.97. The molecule has 1 heterocycles. The van der Waals surface area contributed by atoms with Crippen LogP contribution in [-0.2, 0) is 9.59 Å². The molecule has 0 spiro atoms. The van der Waals surface area contributed by atoms with Crippen molar-refractivity contribution in [3.8, 4) is 11.3 Å². The number of carbonyl (C=O) groups is 2. The van der Waals surface area contributed by atoms with E-state index in [4.69, 9.17) is 0 Å². The molecule has 4 rings (SSSR count).